The summed E-state index contributed by atoms with van der Waals surface area (Å²) in [6, 6.07) is 0. The number of carboxylic acid groups (broad SMARTS) is 1. The van der Waals surface area contributed by atoms with E-state index >= 15 is 0 Å². The number of aliphatic carboxylic acids is 1. The number of nitrogens with zero attached hydrogens (tertiary/aromatic N) is 3. The predicted molar refractivity (Wildman–Crippen MR) is 52.3 cm³/mol. The van der Waals surface area contributed by atoms with Crippen molar-refractivity contribution < 1.29 is 15.0 Å². The molecule has 0 spiro atoms. The van der Waals surface area contributed by atoms with E-state index in [4.69, 9.17) is 5.11 Å². The number of aliphatic hydroxyl groups excluding tert-OH is 1. The molecule has 1 aromatic rings. The Morgan fingerprint density at radius 1 is 1.53 bits per heavy atom. The number of carbonyl (C=O) groups is 1. The fourth-order valence-corrected chi connectivity index (χ4v) is 1.37. The summed E-state index contributed by atoms with van der Waals surface area (Å²) in [6.45, 7) is 3.90. The minimum absolute atomic E-state index is 0.108. The van der Waals surface area contributed by atoms with Gasteiger partial charge in [0.2, 0.25) is 0 Å². The van der Waals surface area contributed by atoms with Gasteiger partial charge in [0.05, 0.1) is 0 Å². The van der Waals surface area contributed by atoms with Crippen LogP contribution in [-0.4, -0.2) is 30.9 Å². The van der Waals surface area contributed by atoms with Crippen molar-refractivity contribution in [2.45, 2.75) is 39.3 Å². The normalized spacial score (nSPS) is 12.7. The van der Waals surface area contributed by atoms with Crippen molar-refractivity contribution in [1.29, 1.82) is 0 Å². The topological polar surface area (TPSA) is 88.2 Å². The van der Waals surface area contributed by atoms with Crippen LogP contribution < -0.4 is 0 Å². The Kier molecular flexibility index (Phi) is 3.79. The molecule has 6 nitrogen and oxygen atoms in total. The van der Waals surface area contributed by atoms with Crippen LogP contribution in [0.4, 0.5) is 0 Å². The van der Waals surface area contributed by atoms with E-state index in [2.05, 4.69) is 10.2 Å². The van der Waals surface area contributed by atoms with Crippen molar-refractivity contribution in [3.05, 3.63) is 11.6 Å². The van der Waals surface area contributed by atoms with Gasteiger partial charge in [0.25, 0.3) is 0 Å². The predicted octanol–water partition coefficient (Wildman–Crippen LogP) is 0.505. The first-order valence-electron chi connectivity index (χ1n) is 4.82. The highest BCUT2D eigenvalue weighted by atomic mass is 16.4. The lowest BCUT2D eigenvalue weighted by molar-refractivity contribution is -0.137. The number of aryl methyl sites for hydroxylation is 1. The number of carboxylic acids is 1. The molecule has 0 fully saturated rings. The molecule has 0 amide bonds. The highest BCUT2D eigenvalue weighted by Gasteiger charge is 2.13. The first kappa shape index (κ1) is 11.6. The first-order valence-corrected chi connectivity index (χ1v) is 4.82. The van der Waals surface area contributed by atoms with Crippen LogP contribution in [0.3, 0.4) is 0 Å². The molecule has 0 radical (unpaired) electrons. The van der Waals surface area contributed by atoms with E-state index in [0.717, 1.165) is 0 Å². The molecule has 0 bridgehead atoms. The zero-order chi connectivity index (χ0) is 11.4. The van der Waals surface area contributed by atoms with Crippen molar-refractivity contribution in [3.8, 4) is 0 Å². The van der Waals surface area contributed by atoms with Gasteiger partial charge in [-0.3, -0.25) is 4.79 Å². The Bertz CT molecular complexity index is 346. The zero-order valence-corrected chi connectivity index (χ0v) is 8.84. The third kappa shape index (κ3) is 3.02. The van der Waals surface area contributed by atoms with Crippen LogP contribution in [0.5, 0.6) is 0 Å². The molecule has 1 unspecified atom stereocenters. The van der Waals surface area contributed by atoms with Crippen molar-refractivity contribution >= 4 is 5.97 Å². The number of hydrogen-bond acceptors (Lipinski definition) is 4. The molecular weight excluding hydrogens is 198 g/mol. The lowest BCUT2D eigenvalue weighted by atomic mass is 10.3. The third-order valence-corrected chi connectivity index (χ3v) is 2.11. The molecule has 1 rings (SSSR count). The number of aromatic nitrogens is 3. The maximum atomic E-state index is 10.3. The Morgan fingerprint density at radius 2 is 2.20 bits per heavy atom. The highest BCUT2D eigenvalue weighted by Crippen LogP contribution is 2.11. The lowest BCUT2D eigenvalue weighted by Crippen LogP contribution is -2.09. The summed E-state index contributed by atoms with van der Waals surface area (Å²) >= 11 is 0. The number of aliphatic hydroxyl groups is 1. The molecule has 0 aliphatic rings. The van der Waals surface area contributed by atoms with Crippen molar-refractivity contribution in [2.75, 3.05) is 0 Å². The van der Waals surface area contributed by atoms with Gasteiger partial charge in [0, 0.05) is 13.0 Å². The van der Waals surface area contributed by atoms with Crippen LogP contribution in [-0.2, 0) is 11.3 Å². The van der Waals surface area contributed by atoms with Crippen LogP contribution in [0.25, 0.3) is 0 Å². The Labute approximate surface area is 87.6 Å². The molecule has 2 N–H and O–H groups in total. The number of hydrogen-bond donors (Lipinski definition) is 2. The summed E-state index contributed by atoms with van der Waals surface area (Å²) in [5.41, 5.74) is 0. The lowest BCUT2D eigenvalue weighted by Gasteiger charge is -2.08. The molecule has 0 saturated carbocycles. The minimum atomic E-state index is -0.820. The average Bonchev–Trinajstić information content (AvgIpc) is 2.47. The third-order valence-electron chi connectivity index (χ3n) is 2.11. The molecule has 1 atom stereocenters. The second-order valence-electron chi connectivity index (χ2n) is 3.43. The molecule has 0 aliphatic heterocycles. The Morgan fingerprint density at radius 3 is 2.73 bits per heavy atom. The first-order chi connectivity index (χ1) is 7.02. The summed E-state index contributed by atoms with van der Waals surface area (Å²) in [5.74, 6) is 0.355. The van der Waals surface area contributed by atoms with Gasteiger partial charge in [-0.2, -0.15) is 0 Å². The fourth-order valence-electron chi connectivity index (χ4n) is 1.37. The van der Waals surface area contributed by atoms with E-state index in [9.17, 15) is 9.90 Å². The molecule has 1 heterocycles. The van der Waals surface area contributed by atoms with Gasteiger partial charge in [0.15, 0.2) is 5.82 Å². The maximum Gasteiger partial charge on any atom is 0.303 e. The van der Waals surface area contributed by atoms with E-state index in [1.807, 2.05) is 0 Å². The number of rotatable bonds is 5. The molecule has 84 valence electrons. The maximum absolute atomic E-state index is 10.3. The highest BCUT2D eigenvalue weighted by molar-refractivity contribution is 5.66. The second kappa shape index (κ2) is 4.88. The molecule has 6 heteroatoms. The second-order valence-corrected chi connectivity index (χ2v) is 3.43. The summed E-state index contributed by atoms with van der Waals surface area (Å²) in [4.78, 5) is 10.3. The molecular formula is C9H15N3O3. The van der Waals surface area contributed by atoms with E-state index in [1.165, 1.54) is 0 Å². The molecule has 15 heavy (non-hydrogen) atoms. The summed E-state index contributed by atoms with van der Waals surface area (Å²) in [6.07, 6.45) is -0.0684. The van der Waals surface area contributed by atoms with E-state index in [1.54, 1.807) is 18.4 Å². The largest absolute Gasteiger partial charge is 0.481 e. The van der Waals surface area contributed by atoms with Crippen LogP contribution in [0.2, 0.25) is 0 Å². The zero-order valence-electron chi connectivity index (χ0n) is 8.84. The Balaban J connectivity index is 2.66. The molecule has 0 aliphatic carbocycles. The van der Waals surface area contributed by atoms with E-state index < -0.39 is 12.1 Å². The van der Waals surface area contributed by atoms with Gasteiger partial charge in [0.1, 0.15) is 11.9 Å². The van der Waals surface area contributed by atoms with Gasteiger partial charge < -0.3 is 14.8 Å². The van der Waals surface area contributed by atoms with Gasteiger partial charge in [-0.15, -0.1) is 10.2 Å². The quantitative estimate of drug-likeness (QED) is 0.743. The average molecular weight is 213 g/mol. The minimum Gasteiger partial charge on any atom is -0.481 e. The van der Waals surface area contributed by atoms with Crippen LogP contribution >= 0.6 is 0 Å². The van der Waals surface area contributed by atoms with Crippen molar-refractivity contribution in [2.24, 2.45) is 0 Å². The van der Waals surface area contributed by atoms with Crippen LogP contribution in [0, 0.1) is 6.92 Å². The van der Waals surface area contributed by atoms with Crippen LogP contribution in [0.15, 0.2) is 0 Å². The van der Waals surface area contributed by atoms with Gasteiger partial charge in [-0.05, 0) is 20.3 Å². The summed E-state index contributed by atoms with van der Waals surface area (Å²) in [7, 11) is 0. The van der Waals surface area contributed by atoms with E-state index in [-0.39, 0.29) is 6.42 Å². The molecule has 1 aromatic heterocycles. The smallest absolute Gasteiger partial charge is 0.303 e. The van der Waals surface area contributed by atoms with Crippen molar-refractivity contribution in [3.63, 3.8) is 0 Å². The SMILES string of the molecule is Cc1nnc(C(C)O)n1CCCC(=O)O. The fraction of sp³-hybridized carbons (Fsp3) is 0.667. The molecule has 0 saturated heterocycles. The van der Waals surface area contributed by atoms with Crippen molar-refractivity contribution in [1.82, 2.24) is 14.8 Å². The van der Waals surface area contributed by atoms with E-state index in [0.29, 0.717) is 24.6 Å². The Hall–Kier alpha value is -1.43. The summed E-state index contributed by atoms with van der Waals surface area (Å²) < 4.78 is 1.74. The van der Waals surface area contributed by atoms with Gasteiger partial charge >= 0.3 is 5.97 Å². The van der Waals surface area contributed by atoms with Gasteiger partial charge in [-0.1, -0.05) is 0 Å². The summed E-state index contributed by atoms with van der Waals surface area (Å²) in [5, 5.41) is 25.6. The van der Waals surface area contributed by atoms with Crippen LogP contribution in [0.1, 0.15) is 37.5 Å². The molecule has 0 aromatic carbocycles. The van der Waals surface area contributed by atoms with Gasteiger partial charge in [-0.25, -0.2) is 0 Å². The monoisotopic (exact) mass is 213 g/mol. The standard InChI is InChI=1S/C9H15N3O3/c1-6(13)9-11-10-7(2)12(9)5-3-4-8(14)15/h6,13H,3-5H2,1-2H3,(H,14,15).